The molecule has 110 valence electrons. The van der Waals surface area contributed by atoms with Gasteiger partial charge in [-0.3, -0.25) is 4.79 Å². The van der Waals surface area contributed by atoms with Crippen LogP contribution in [0.3, 0.4) is 0 Å². The highest BCUT2D eigenvalue weighted by molar-refractivity contribution is 6.30. The van der Waals surface area contributed by atoms with E-state index in [-0.39, 0.29) is 5.78 Å². The van der Waals surface area contributed by atoms with E-state index in [2.05, 4.69) is 0 Å². The van der Waals surface area contributed by atoms with Gasteiger partial charge in [0.05, 0.1) is 13.7 Å². The van der Waals surface area contributed by atoms with Gasteiger partial charge in [0.25, 0.3) is 0 Å². The number of carbonyl (C=O) groups excluding carboxylic acids is 1. The second kappa shape index (κ2) is 7.25. The highest BCUT2D eigenvalue weighted by atomic mass is 35.5. The average molecular weight is 305 g/mol. The molecule has 0 heterocycles. The van der Waals surface area contributed by atoms with Crippen molar-refractivity contribution in [3.8, 4) is 5.75 Å². The molecule has 1 unspecified atom stereocenters. The number of benzene rings is 2. The molecular weight excluding hydrogens is 288 g/mol. The van der Waals surface area contributed by atoms with E-state index in [1.807, 2.05) is 12.1 Å². The van der Waals surface area contributed by atoms with Crippen LogP contribution in [0.1, 0.15) is 22.8 Å². The summed E-state index contributed by atoms with van der Waals surface area (Å²) in [5.41, 5.74) is 1.59. The molecule has 0 aliphatic rings. The molecule has 4 heteroatoms. The molecule has 0 saturated heterocycles. The van der Waals surface area contributed by atoms with Crippen molar-refractivity contribution >= 4 is 17.4 Å². The molecule has 21 heavy (non-hydrogen) atoms. The smallest absolute Gasteiger partial charge is 0.191 e. The predicted molar refractivity (Wildman–Crippen MR) is 83.0 cm³/mol. The van der Waals surface area contributed by atoms with Gasteiger partial charge in [-0.2, -0.15) is 0 Å². The van der Waals surface area contributed by atoms with E-state index in [0.717, 1.165) is 11.3 Å². The number of hydrogen-bond acceptors (Lipinski definition) is 3. The summed E-state index contributed by atoms with van der Waals surface area (Å²) < 4.78 is 10.7. The Morgan fingerprint density at radius 3 is 2.29 bits per heavy atom. The molecule has 0 amide bonds. The Morgan fingerprint density at radius 1 is 1.10 bits per heavy atom. The number of carbonyl (C=O) groups is 1. The van der Waals surface area contributed by atoms with Crippen molar-refractivity contribution in [3.63, 3.8) is 0 Å². The zero-order valence-electron chi connectivity index (χ0n) is 12.0. The van der Waals surface area contributed by atoms with Gasteiger partial charge in [0.15, 0.2) is 5.78 Å². The lowest BCUT2D eigenvalue weighted by molar-refractivity contribution is 0.0412. The van der Waals surface area contributed by atoms with Gasteiger partial charge in [0.2, 0.25) is 0 Å². The van der Waals surface area contributed by atoms with Gasteiger partial charge in [-0.05, 0) is 48.9 Å². The fourth-order valence-corrected chi connectivity index (χ4v) is 1.99. The summed E-state index contributed by atoms with van der Waals surface area (Å²) in [5.74, 6) is 0.674. The number of rotatable bonds is 6. The van der Waals surface area contributed by atoms with Crippen molar-refractivity contribution in [1.82, 2.24) is 0 Å². The second-order valence-corrected chi connectivity index (χ2v) is 5.11. The largest absolute Gasteiger partial charge is 0.497 e. The van der Waals surface area contributed by atoms with Crippen LogP contribution in [0.2, 0.25) is 5.02 Å². The molecule has 1 atom stereocenters. The van der Waals surface area contributed by atoms with E-state index in [1.54, 1.807) is 50.4 Å². The Morgan fingerprint density at radius 2 is 1.71 bits per heavy atom. The summed E-state index contributed by atoms with van der Waals surface area (Å²) in [7, 11) is 1.59. The first-order valence-electron chi connectivity index (χ1n) is 6.64. The third-order valence-corrected chi connectivity index (χ3v) is 3.41. The minimum absolute atomic E-state index is 0.0494. The number of halogens is 1. The maximum Gasteiger partial charge on any atom is 0.191 e. The molecule has 2 aromatic rings. The van der Waals surface area contributed by atoms with Crippen molar-refractivity contribution in [1.29, 1.82) is 0 Å². The molecule has 2 aromatic carbocycles. The number of ketones is 1. The highest BCUT2D eigenvalue weighted by Crippen LogP contribution is 2.15. The summed E-state index contributed by atoms with van der Waals surface area (Å²) in [4.78, 5) is 12.2. The van der Waals surface area contributed by atoms with Gasteiger partial charge in [-0.15, -0.1) is 0 Å². The third kappa shape index (κ3) is 4.31. The number of Topliss-reactive ketones (excluding diaryl/α,β-unsaturated/α-hetero) is 1. The molecule has 0 aliphatic carbocycles. The molecule has 0 aromatic heterocycles. The van der Waals surface area contributed by atoms with Gasteiger partial charge < -0.3 is 9.47 Å². The van der Waals surface area contributed by atoms with Crippen LogP contribution in [-0.4, -0.2) is 19.0 Å². The summed E-state index contributed by atoms with van der Waals surface area (Å²) in [5, 5.41) is 0.682. The van der Waals surface area contributed by atoms with Crippen molar-refractivity contribution in [2.75, 3.05) is 7.11 Å². The fraction of sp³-hybridized carbons (Fsp3) is 0.235. The Bertz CT molecular complexity index is 590. The topological polar surface area (TPSA) is 35.5 Å². The summed E-state index contributed by atoms with van der Waals surface area (Å²) >= 11 is 5.82. The lowest BCUT2D eigenvalue weighted by Gasteiger charge is -2.12. The maximum atomic E-state index is 12.2. The summed E-state index contributed by atoms with van der Waals surface area (Å²) in [6.07, 6.45) is -0.505. The number of ether oxygens (including phenoxy) is 2. The second-order valence-electron chi connectivity index (χ2n) is 4.67. The Labute approximate surface area is 129 Å². The van der Waals surface area contributed by atoms with E-state index in [0.29, 0.717) is 17.2 Å². The van der Waals surface area contributed by atoms with Gasteiger partial charge in [-0.1, -0.05) is 23.7 Å². The van der Waals surface area contributed by atoms with Crippen LogP contribution in [0.25, 0.3) is 0 Å². The average Bonchev–Trinajstić information content (AvgIpc) is 2.53. The summed E-state index contributed by atoms with van der Waals surface area (Å²) in [6.45, 7) is 2.13. The van der Waals surface area contributed by atoms with Crippen molar-refractivity contribution < 1.29 is 14.3 Å². The van der Waals surface area contributed by atoms with E-state index in [4.69, 9.17) is 21.1 Å². The van der Waals surface area contributed by atoms with Crippen LogP contribution in [-0.2, 0) is 11.3 Å². The van der Waals surface area contributed by atoms with Gasteiger partial charge >= 0.3 is 0 Å². The van der Waals surface area contributed by atoms with E-state index in [1.165, 1.54) is 0 Å². The fourth-order valence-electron chi connectivity index (χ4n) is 1.87. The molecular formula is C17H17ClO3. The minimum Gasteiger partial charge on any atom is -0.497 e. The van der Waals surface area contributed by atoms with Gasteiger partial charge in [0, 0.05) is 10.6 Å². The zero-order valence-corrected chi connectivity index (χ0v) is 12.8. The molecule has 2 rings (SSSR count). The first-order chi connectivity index (χ1) is 10.1. The maximum absolute atomic E-state index is 12.2. The van der Waals surface area contributed by atoms with Crippen LogP contribution < -0.4 is 4.74 Å². The Balaban J connectivity index is 1.93. The quantitative estimate of drug-likeness (QED) is 0.753. The van der Waals surface area contributed by atoms with Crippen LogP contribution in [0.4, 0.5) is 0 Å². The van der Waals surface area contributed by atoms with Gasteiger partial charge in [-0.25, -0.2) is 0 Å². The summed E-state index contributed by atoms with van der Waals surface area (Å²) in [6, 6.07) is 14.4. The first-order valence-corrected chi connectivity index (χ1v) is 7.02. The van der Waals surface area contributed by atoms with Crippen molar-refractivity contribution in [3.05, 3.63) is 64.7 Å². The van der Waals surface area contributed by atoms with Crippen LogP contribution >= 0.6 is 11.6 Å². The standard InChI is InChI=1S/C17H17ClO3/c1-12(21-11-13-3-7-15(18)8-4-13)17(19)14-5-9-16(20-2)10-6-14/h3-10,12H,11H2,1-2H3. The van der Waals surface area contributed by atoms with E-state index in [9.17, 15) is 4.79 Å². The number of hydrogen-bond donors (Lipinski definition) is 0. The monoisotopic (exact) mass is 304 g/mol. The molecule has 0 spiro atoms. The number of methoxy groups -OCH3 is 1. The molecule has 0 saturated carbocycles. The van der Waals surface area contributed by atoms with Gasteiger partial charge in [0.1, 0.15) is 11.9 Å². The van der Waals surface area contributed by atoms with Crippen LogP contribution in [0.15, 0.2) is 48.5 Å². The van der Waals surface area contributed by atoms with E-state index >= 15 is 0 Å². The minimum atomic E-state index is -0.505. The molecule has 0 bridgehead atoms. The normalized spacial score (nSPS) is 12.0. The Hall–Kier alpha value is -1.84. The SMILES string of the molecule is COc1ccc(C(=O)C(C)OCc2ccc(Cl)cc2)cc1. The lowest BCUT2D eigenvalue weighted by atomic mass is 10.1. The molecule has 0 aliphatic heterocycles. The molecule has 3 nitrogen and oxygen atoms in total. The molecule has 0 fully saturated rings. The zero-order chi connectivity index (χ0) is 15.2. The van der Waals surface area contributed by atoms with Crippen molar-refractivity contribution in [2.24, 2.45) is 0 Å². The predicted octanol–water partition coefficient (Wildman–Crippen LogP) is 4.14. The van der Waals surface area contributed by atoms with E-state index < -0.39 is 6.10 Å². The first kappa shape index (κ1) is 15.5. The van der Waals surface area contributed by atoms with Crippen LogP contribution in [0.5, 0.6) is 5.75 Å². The highest BCUT2D eigenvalue weighted by Gasteiger charge is 2.15. The van der Waals surface area contributed by atoms with Crippen LogP contribution in [0, 0.1) is 0 Å². The molecule has 0 N–H and O–H groups in total. The third-order valence-electron chi connectivity index (χ3n) is 3.16. The lowest BCUT2D eigenvalue weighted by Crippen LogP contribution is -2.20. The van der Waals surface area contributed by atoms with Crippen molar-refractivity contribution in [2.45, 2.75) is 19.6 Å². The Kier molecular flexibility index (Phi) is 5.37. The molecule has 0 radical (unpaired) electrons.